The zero-order valence-electron chi connectivity index (χ0n) is 10.5. The third-order valence-corrected chi connectivity index (χ3v) is 3.88. The minimum Gasteiger partial charge on any atom is -0.386 e. The lowest BCUT2D eigenvalue weighted by molar-refractivity contribution is 0.0917. The standard InChI is InChI=1S/C14H17N3O/c1-17-13(9-15-16-17)14(18)12-7-6-10-4-2-3-5-11(10)8-12/h2-5,9,12,14,18H,6-8H2,1H3. The lowest BCUT2D eigenvalue weighted by Crippen LogP contribution is -2.22. The molecule has 0 amide bonds. The second kappa shape index (κ2) is 4.53. The van der Waals surface area contributed by atoms with Crippen LogP contribution in [0.3, 0.4) is 0 Å². The normalized spacial score (nSPS) is 20.4. The fourth-order valence-electron chi connectivity index (χ4n) is 2.80. The Morgan fingerprint density at radius 3 is 2.83 bits per heavy atom. The van der Waals surface area contributed by atoms with E-state index < -0.39 is 6.10 Å². The Morgan fingerprint density at radius 2 is 2.11 bits per heavy atom. The van der Waals surface area contributed by atoms with E-state index in [-0.39, 0.29) is 5.92 Å². The molecule has 2 aromatic rings. The third-order valence-electron chi connectivity index (χ3n) is 3.88. The van der Waals surface area contributed by atoms with Crippen LogP contribution < -0.4 is 0 Å². The van der Waals surface area contributed by atoms with E-state index in [1.165, 1.54) is 11.1 Å². The Balaban J connectivity index is 1.82. The Kier molecular flexibility index (Phi) is 2.88. The maximum atomic E-state index is 10.4. The van der Waals surface area contributed by atoms with Gasteiger partial charge < -0.3 is 5.11 Å². The predicted octanol–water partition coefficient (Wildman–Crippen LogP) is 1.65. The molecule has 0 aliphatic heterocycles. The van der Waals surface area contributed by atoms with Crippen molar-refractivity contribution < 1.29 is 5.11 Å². The number of hydrogen-bond acceptors (Lipinski definition) is 3. The van der Waals surface area contributed by atoms with E-state index in [1.54, 1.807) is 10.9 Å². The quantitative estimate of drug-likeness (QED) is 0.872. The average molecular weight is 243 g/mol. The van der Waals surface area contributed by atoms with Gasteiger partial charge in [-0.25, -0.2) is 4.68 Å². The second-order valence-electron chi connectivity index (χ2n) is 5.00. The predicted molar refractivity (Wildman–Crippen MR) is 67.9 cm³/mol. The van der Waals surface area contributed by atoms with Crippen LogP contribution in [0.1, 0.15) is 29.3 Å². The van der Waals surface area contributed by atoms with Crippen molar-refractivity contribution >= 4 is 0 Å². The Morgan fingerprint density at radius 1 is 1.33 bits per heavy atom. The van der Waals surface area contributed by atoms with Crippen molar-refractivity contribution in [3.63, 3.8) is 0 Å². The van der Waals surface area contributed by atoms with E-state index in [4.69, 9.17) is 0 Å². The van der Waals surface area contributed by atoms with Gasteiger partial charge in [0.05, 0.1) is 11.9 Å². The molecule has 2 atom stereocenters. The number of nitrogens with zero attached hydrogens (tertiary/aromatic N) is 3. The van der Waals surface area contributed by atoms with Crippen molar-refractivity contribution in [3.05, 3.63) is 47.3 Å². The molecule has 2 unspecified atom stereocenters. The van der Waals surface area contributed by atoms with E-state index in [1.807, 2.05) is 7.05 Å². The molecule has 0 radical (unpaired) electrons. The fraction of sp³-hybridized carbons (Fsp3) is 0.429. The second-order valence-corrected chi connectivity index (χ2v) is 5.00. The molecule has 1 aliphatic rings. The van der Waals surface area contributed by atoms with Gasteiger partial charge in [-0.15, -0.1) is 5.10 Å². The maximum Gasteiger partial charge on any atom is 0.100 e. The summed E-state index contributed by atoms with van der Waals surface area (Å²) in [4.78, 5) is 0. The van der Waals surface area contributed by atoms with Crippen LogP contribution in [0.5, 0.6) is 0 Å². The monoisotopic (exact) mass is 243 g/mol. The largest absolute Gasteiger partial charge is 0.386 e. The summed E-state index contributed by atoms with van der Waals surface area (Å²) >= 11 is 0. The summed E-state index contributed by atoms with van der Waals surface area (Å²) in [7, 11) is 1.82. The SMILES string of the molecule is Cn1nncc1C(O)C1CCc2ccccc2C1. The van der Waals surface area contributed by atoms with E-state index >= 15 is 0 Å². The van der Waals surface area contributed by atoms with Gasteiger partial charge in [0, 0.05) is 7.05 Å². The zero-order chi connectivity index (χ0) is 12.5. The molecule has 0 saturated heterocycles. The van der Waals surface area contributed by atoms with Crippen LogP contribution >= 0.6 is 0 Å². The number of aliphatic hydroxyl groups excluding tert-OH is 1. The molecule has 1 aliphatic carbocycles. The van der Waals surface area contributed by atoms with Crippen LogP contribution in [0.4, 0.5) is 0 Å². The molecule has 1 heterocycles. The van der Waals surface area contributed by atoms with E-state index in [2.05, 4.69) is 34.6 Å². The first kappa shape index (κ1) is 11.4. The Hall–Kier alpha value is -1.68. The van der Waals surface area contributed by atoms with Crippen LogP contribution in [-0.2, 0) is 19.9 Å². The Labute approximate surface area is 106 Å². The van der Waals surface area contributed by atoms with Gasteiger partial charge in [0.1, 0.15) is 6.10 Å². The highest BCUT2D eigenvalue weighted by Gasteiger charge is 2.27. The maximum absolute atomic E-state index is 10.4. The van der Waals surface area contributed by atoms with Gasteiger partial charge >= 0.3 is 0 Å². The van der Waals surface area contributed by atoms with Crippen molar-refractivity contribution in [3.8, 4) is 0 Å². The highest BCUT2D eigenvalue weighted by Crippen LogP contribution is 2.33. The van der Waals surface area contributed by atoms with Crippen LogP contribution in [0, 0.1) is 5.92 Å². The lowest BCUT2D eigenvalue weighted by atomic mass is 9.80. The lowest BCUT2D eigenvalue weighted by Gasteiger charge is -2.28. The molecule has 18 heavy (non-hydrogen) atoms. The van der Waals surface area contributed by atoms with Crippen molar-refractivity contribution in [1.82, 2.24) is 15.0 Å². The van der Waals surface area contributed by atoms with Crippen LogP contribution in [0.25, 0.3) is 0 Å². The highest BCUT2D eigenvalue weighted by molar-refractivity contribution is 5.30. The van der Waals surface area contributed by atoms with Crippen molar-refractivity contribution in [1.29, 1.82) is 0 Å². The molecule has 94 valence electrons. The van der Waals surface area contributed by atoms with Gasteiger partial charge in [-0.3, -0.25) is 0 Å². The van der Waals surface area contributed by atoms with Crippen molar-refractivity contribution in [2.75, 3.05) is 0 Å². The topological polar surface area (TPSA) is 50.9 Å². The molecule has 0 spiro atoms. The molecule has 1 aromatic carbocycles. The van der Waals surface area contributed by atoms with Crippen LogP contribution in [0.2, 0.25) is 0 Å². The third kappa shape index (κ3) is 1.93. The highest BCUT2D eigenvalue weighted by atomic mass is 16.3. The molecule has 4 nitrogen and oxygen atoms in total. The van der Waals surface area contributed by atoms with Gasteiger partial charge in [0.2, 0.25) is 0 Å². The number of rotatable bonds is 2. The molecule has 1 N–H and O–H groups in total. The number of aryl methyl sites for hydroxylation is 2. The summed E-state index contributed by atoms with van der Waals surface area (Å²) in [5, 5.41) is 18.2. The summed E-state index contributed by atoms with van der Waals surface area (Å²) in [6.07, 6.45) is 4.18. The molecule has 0 bridgehead atoms. The van der Waals surface area contributed by atoms with Crippen molar-refractivity contribution in [2.45, 2.75) is 25.4 Å². The molecular weight excluding hydrogens is 226 g/mol. The molecule has 0 fully saturated rings. The number of aliphatic hydroxyl groups is 1. The van der Waals surface area contributed by atoms with Gasteiger partial charge in [-0.05, 0) is 36.3 Å². The average Bonchev–Trinajstić information content (AvgIpc) is 2.83. The minimum atomic E-state index is -0.474. The molecule has 3 rings (SSSR count). The molecule has 1 aromatic heterocycles. The van der Waals surface area contributed by atoms with E-state index in [0.29, 0.717) is 0 Å². The van der Waals surface area contributed by atoms with Gasteiger partial charge in [0.25, 0.3) is 0 Å². The van der Waals surface area contributed by atoms with Gasteiger partial charge in [-0.2, -0.15) is 0 Å². The van der Waals surface area contributed by atoms with Gasteiger partial charge in [-0.1, -0.05) is 29.5 Å². The first-order valence-corrected chi connectivity index (χ1v) is 6.35. The van der Waals surface area contributed by atoms with Crippen LogP contribution in [0.15, 0.2) is 30.5 Å². The smallest absolute Gasteiger partial charge is 0.100 e. The summed E-state index contributed by atoms with van der Waals surface area (Å²) < 4.78 is 1.66. The Bertz CT molecular complexity index is 549. The van der Waals surface area contributed by atoms with E-state index in [0.717, 1.165) is 25.0 Å². The first-order chi connectivity index (χ1) is 8.75. The number of aromatic nitrogens is 3. The molecule has 0 saturated carbocycles. The summed E-state index contributed by atoms with van der Waals surface area (Å²) in [6, 6.07) is 8.50. The summed E-state index contributed by atoms with van der Waals surface area (Å²) in [5.74, 6) is 0.261. The number of hydrogen-bond donors (Lipinski definition) is 1. The minimum absolute atomic E-state index is 0.261. The van der Waals surface area contributed by atoms with Crippen molar-refractivity contribution in [2.24, 2.45) is 13.0 Å². The molecular formula is C14H17N3O. The van der Waals surface area contributed by atoms with Crippen LogP contribution in [-0.4, -0.2) is 20.1 Å². The van der Waals surface area contributed by atoms with Gasteiger partial charge in [0.15, 0.2) is 0 Å². The summed E-state index contributed by atoms with van der Waals surface area (Å²) in [5.41, 5.74) is 3.59. The number of benzene rings is 1. The first-order valence-electron chi connectivity index (χ1n) is 6.35. The van der Waals surface area contributed by atoms with E-state index in [9.17, 15) is 5.11 Å². The zero-order valence-corrected chi connectivity index (χ0v) is 10.5. The number of fused-ring (bicyclic) bond motifs is 1. The summed E-state index contributed by atoms with van der Waals surface area (Å²) in [6.45, 7) is 0. The fourth-order valence-corrected chi connectivity index (χ4v) is 2.80. The molecule has 4 heteroatoms.